The van der Waals surface area contributed by atoms with E-state index in [1.165, 1.54) is 16.5 Å². The van der Waals surface area contributed by atoms with Crippen LogP contribution in [-0.4, -0.2) is 16.7 Å². The average Bonchev–Trinajstić information content (AvgIpc) is 2.64. The van der Waals surface area contributed by atoms with E-state index in [0.717, 1.165) is 6.42 Å². The number of hydrogen-bond acceptors (Lipinski definition) is 1. The topological polar surface area (TPSA) is 36.0 Å². The lowest BCUT2D eigenvalue weighted by molar-refractivity contribution is 0.159. The summed E-state index contributed by atoms with van der Waals surface area (Å²) in [7, 11) is 0. The maximum atomic E-state index is 9.22. The molecule has 2 heteroatoms. The van der Waals surface area contributed by atoms with E-state index in [9.17, 15) is 5.11 Å². The van der Waals surface area contributed by atoms with E-state index in [0.29, 0.717) is 0 Å². The van der Waals surface area contributed by atoms with E-state index in [1.54, 1.807) is 0 Å². The maximum Gasteiger partial charge on any atom is 0.0485 e. The van der Waals surface area contributed by atoms with Gasteiger partial charge in [-0.05, 0) is 41.0 Å². The molecule has 2 N–H and O–H groups in total. The first kappa shape index (κ1) is 10.2. The molecule has 0 aliphatic rings. The molecule has 1 heterocycles. The van der Waals surface area contributed by atoms with Gasteiger partial charge in [0.15, 0.2) is 0 Å². The number of aromatic amines is 1. The van der Waals surface area contributed by atoms with Crippen molar-refractivity contribution < 1.29 is 5.11 Å². The Bertz CT molecular complexity index is 456. The Morgan fingerprint density at radius 3 is 2.80 bits per heavy atom. The zero-order valence-electron chi connectivity index (χ0n) is 9.25. The summed E-state index contributed by atoms with van der Waals surface area (Å²) >= 11 is 0. The lowest BCUT2D eigenvalue weighted by Gasteiger charge is -2.21. The monoisotopic (exact) mass is 203 g/mol. The van der Waals surface area contributed by atoms with Crippen LogP contribution in [0.4, 0.5) is 0 Å². The highest BCUT2D eigenvalue weighted by molar-refractivity contribution is 5.79. The summed E-state index contributed by atoms with van der Waals surface area (Å²) in [5, 5.41) is 10.5. The van der Waals surface area contributed by atoms with E-state index in [2.05, 4.69) is 43.1 Å². The summed E-state index contributed by atoms with van der Waals surface area (Å²) in [6.07, 6.45) is 2.86. The fourth-order valence-electron chi connectivity index (χ4n) is 1.82. The van der Waals surface area contributed by atoms with Gasteiger partial charge in [-0.3, -0.25) is 0 Å². The molecule has 0 atom stereocenters. The van der Waals surface area contributed by atoms with Crippen molar-refractivity contribution in [2.45, 2.75) is 20.3 Å². The van der Waals surface area contributed by atoms with E-state index in [4.69, 9.17) is 0 Å². The molecule has 1 aromatic heterocycles. The van der Waals surface area contributed by atoms with Gasteiger partial charge in [0, 0.05) is 18.3 Å². The van der Waals surface area contributed by atoms with Crippen LogP contribution in [0.1, 0.15) is 19.4 Å². The summed E-state index contributed by atoms with van der Waals surface area (Å²) in [6, 6.07) is 8.47. The second-order valence-electron chi connectivity index (χ2n) is 4.90. The first-order chi connectivity index (χ1) is 7.11. The fourth-order valence-corrected chi connectivity index (χ4v) is 1.82. The minimum Gasteiger partial charge on any atom is -0.396 e. The third kappa shape index (κ3) is 2.21. The number of rotatable bonds is 3. The molecule has 2 rings (SSSR count). The zero-order chi connectivity index (χ0) is 10.9. The van der Waals surface area contributed by atoms with Crippen LogP contribution in [0.3, 0.4) is 0 Å². The third-order valence-electron chi connectivity index (χ3n) is 2.73. The molecule has 0 radical (unpaired) electrons. The lowest BCUT2D eigenvalue weighted by atomic mass is 9.86. The SMILES string of the molecule is CC(C)(CO)Cc1ccc2[nH]ccc2c1. The fraction of sp³-hybridized carbons (Fsp3) is 0.385. The maximum absolute atomic E-state index is 9.22. The molecule has 0 fully saturated rings. The van der Waals surface area contributed by atoms with Gasteiger partial charge in [0.1, 0.15) is 0 Å². The summed E-state index contributed by atoms with van der Waals surface area (Å²) in [5.41, 5.74) is 2.41. The molecule has 0 saturated carbocycles. The van der Waals surface area contributed by atoms with Crippen LogP contribution in [0, 0.1) is 5.41 Å². The van der Waals surface area contributed by atoms with Gasteiger partial charge in [0.25, 0.3) is 0 Å². The first-order valence-corrected chi connectivity index (χ1v) is 5.28. The first-order valence-electron chi connectivity index (χ1n) is 5.28. The van der Waals surface area contributed by atoms with E-state index in [-0.39, 0.29) is 12.0 Å². The number of H-pyrrole nitrogens is 1. The number of benzene rings is 1. The Labute approximate surface area is 89.9 Å². The van der Waals surface area contributed by atoms with Gasteiger partial charge in [-0.15, -0.1) is 0 Å². The van der Waals surface area contributed by atoms with Crippen LogP contribution in [-0.2, 0) is 6.42 Å². The van der Waals surface area contributed by atoms with Crippen LogP contribution in [0.25, 0.3) is 10.9 Å². The minimum atomic E-state index is -0.0377. The number of fused-ring (bicyclic) bond motifs is 1. The van der Waals surface area contributed by atoms with Crippen LogP contribution in [0.15, 0.2) is 30.5 Å². The predicted octanol–water partition coefficient (Wildman–Crippen LogP) is 2.73. The normalized spacial score (nSPS) is 12.2. The third-order valence-corrected chi connectivity index (χ3v) is 2.73. The highest BCUT2D eigenvalue weighted by atomic mass is 16.3. The predicted molar refractivity (Wildman–Crippen MR) is 62.9 cm³/mol. The Morgan fingerprint density at radius 2 is 2.07 bits per heavy atom. The second kappa shape index (κ2) is 3.70. The molecule has 0 aliphatic carbocycles. The molecule has 0 unspecified atom stereocenters. The van der Waals surface area contributed by atoms with E-state index in [1.807, 2.05) is 6.20 Å². The van der Waals surface area contributed by atoms with Gasteiger partial charge >= 0.3 is 0 Å². The molecule has 0 bridgehead atoms. The molecule has 80 valence electrons. The number of aliphatic hydroxyl groups is 1. The Hall–Kier alpha value is -1.28. The Balaban J connectivity index is 2.28. The number of hydrogen-bond donors (Lipinski definition) is 2. The van der Waals surface area contributed by atoms with Gasteiger partial charge < -0.3 is 10.1 Å². The van der Waals surface area contributed by atoms with Gasteiger partial charge in [-0.25, -0.2) is 0 Å². The lowest BCUT2D eigenvalue weighted by Crippen LogP contribution is -2.19. The van der Waals surface area contributed by atoms with E-state index < -0.39 is 0 Å². The summed E-state index contributed by atoms with van der Waals surface area (Å²) in [6.45, 7) is 4.38. The quantitative estimate of drug-likeness (QED) is 0.790. The Kier molecular flexibility index (Phi) is 2.53. The van der Waals surface area contributed by atoms with Crippen LogP contribution in [0.2, 0.25) is 0 Å². The largest absolute Gasteiger partial charge is 0.396 e. The molecule has 0 amide bonds. The average molecular weight is 203 g/mol. The van der Waals surface area contributed by atoms with Crippen LogP contribution >= 0.6 is 0 Å². The van der Waals surface area contributed by atoms with Crippen molar-refractivity contribution in [3.8, 4) is 0 Å². The highest BCUT2D eigenvalue weighted by Crippen LogP contribution is 2.23. The molecular weight excluding hydrogens is 186 g/mol. The molecule has 0 aliphatic heterocycles. The van der Waals surface area contributed by atoms with Crippen molar-refractivity contribution in [3.63, 3.8) is 0 Å². The Morgan fingerprint density at radius 1 is 1.27 bits per heavy atom. The standard InChI is InChI=1S/C13H17NO/c1-13(2,9-15)8-10-3-4-12-11(7-10)5-6-14-12/h3-7,14-15H,8-9H2,1-2H3. The summed E-state index contributed by atoms with van der Waals surface area (Å²) in [5.74, 6) is 0. The number of aromatic nitrogens is 1. The van der Waals surface area contributed by atoms with E-state index >= 15 is 0 Å². The van der Waals surface area contributed by atoms with Crippen molar-refractivity contribution >= 4 is 10.9 Å². The summed E-state index contributed by atoms with van der Waals surface area (Å²) in [4.78, 5) is 3.17. The second-order valence-corrected chi connectivity index (χ2v) is 4.90. The van der Waals surface area contributed by atoms with Crippen LogP contribution in [0.5, 0.6) is 0 Å². The molecule has 1 aromatic carbocycles. The molecule has 2 aromatic rings. The molecular formula is C13H17NO. The number of nitrogens with one attached hydrogen (secondary N) is 1. The van der Waals surface area contributed by atoms with Gasteiger partial charge in [-0.1, -0.05) is 19.9 Å². The smallest absolute Gasteiger partial charge is 0.0485 e. The highest BCUT2D eigenvalue weighted by Gasteiger charge is 2.17. The molecule has 2 nitrogen and oxygen atoms in total. The zero-order valence-corrected chi connectivity index (χ0v) is 9.25. The van der Waals surface area contributed by atoms with Crippen LogP contribution < -0.4 is 0 Å². The van der Waals surface area contributed by atoms with Crippen molar-refractivity contribution in [2.75, 3.05) is 6.61 Å². The van der Waals surface area contributed by atoms with Crippen molar-refractivity contribution in [1.82, 2.24) is 4.98 Å². The van der Waals surface area contributed by atoms with Gasteiger partial charge in [0.05, 0.1) is 0 Å². The minimum absolute atomic E-state index is 0.0377. The van der Waals surface area contributed by atoms with Crippen molar-refractivity contribution in [2.24, 2.45) is 5.41 Å². The van der Waals surface area contributed by atoms with Crippen molar-refractivity contribution in [1.29, 1.82) is 0 Å². The molecule has 0 saturated heterocycles. The van der Waals surface area contributed by atoms with Gasteiger partial charge in [0.2, 0.25) is 0 Å². The summed E-state index contributed by atoms with van der Waals surface area (Å²) < 4.78 is 0. The molecule has 0 spiro atoms. The van der Waals surface area contributed by atoms with Gasteiger partial charge in [-0.2, -0.15) is 0 Å². The number of aliphatic hydroxyl groups excluding tert-OH is 1. The molecule has 15 heavy (non-hydrogen) atoms. The van der Waals surface area contributed by atoms with Crippen molar-refractivity contribution in [3.05, 3.63) is 36.0 Å².